The predicted molar refractivity (Wildman–Crippen MR) is 183 cm³/mol. The largest absolute Gasteiger partial charge is 0.504 e. The second kappa shape index (κ2) is 19.4. The number of carbonyl (C=O) groups excluding carboxylic acids is 2. The van der Waals surface area contributed by atoms with Gasteiger partial charge in [0.1, 0.15) is 86.5 Å². The Morgan fingerprint density at radius 2 is 1.16 bits per heavy atom. The van der Waals surface area contributed by atoms with E-state index in [1.54, 1.807) is 24.3 Å². The van der Waals surface area contributed by atoms with E-state index in [1.165, 1.54) is 24.3 Å². The maximum atomic E-state index is 12.5. The Morgan fingerprint density at radius 3 is 1.77 bits per heavy atom. The number of rotatable bonds is 13. The summed E-state index contributed by atoms with van der Waals surface area (Å²) in [6.45, 7) is -1.97. The van der Waals surface area contributed by atoms with Gasteiger partial charge in [-0.15, -0.1) is 0 Å². The number of aliphatic hydroxyl groups excluding tert-OH is 10. The van der Waals surface area contributed by atoms with Crippen LogP contribution in [0.2, 0.25) is 0 Å². The molecule has 3 aliphatic rings. The van der Waals surface area contributed by atoms with Crippen molar-refractivity contribution in [2.24, 2.45) is 0 Å². The van der Waals surface area contributed by atoms with Gasteiger partial charge in [0.15, 0.2) is 24.1 Å². The van der Waals surface area contributed by atoms with E-state index in [0.717, 1.165) is 23.8 Å². The van der Waals surface area contributed by atoms with Crippen molar-refractivity contribution in [3.8, 4) is 11.5 Å². The molecule has 2 aromatic rings. The quantitative estimate of drug-likeness (QED) is 0.0680. The van der Waals surface area contributed by atoms with Gasteiger partial charge in [-0.1, -0.05) is 36.4 Å². The Labute approximate surface area is 318 Å². The lowest BCUT2D eigenvalue weighted by Crippen LogP contribution is -2.64. The molecule has 2 aromatic carbocycles. The molecule has 0 bridgehead atoms. The molecule has 1 unspecified atom stereocenters. The van der Waals surface area contributed by atoms with Gasteiger partial charge in [0.05, 0.1) is 6.61 Å². The third-order valence-corrected chi connectivity index (χ3v) is 9.10. The lowest BCUT2D eigenvalue weighted by molar-refractivity contribution is -0.355. The van der Waals surface area contributed by atoms with E-state index < -0.39 is 130 Å². The summed E-state index contributed by atoms with van der Waals surface area (Å²) in [4.78, 5) is 24.7. The fourth-order valence-electron chi connectivity index (χ4n) is 5.88. The summed E-state index contributed by atoms with van der Waals surface area (Å²) in [5.74, 6) is -2.48. The van der Waals surface area contributed by atoms with E-state index in [-0.39, 0.29) is 11.3 Å². The second-order valence-corrected chi connectivity index (χ2v) is 13.0. The number of esters is 2. The molecule has 15 atom stereocenters. The van der Waals surface area contributed by atoms with Gasteiger partial charge in [0, 0.05) is 12.2 Å². The molecule has 3 heterocycles. The number of aliphatic hydroxyl groups is 10. The molecule has 308 valence electrons. The highest BCUT2D eigenvalue weighted by atomic mass is 16.7. The third-order valence-electron chi connectivity index (χ3n) is 9.10. The molecule has 0 amide bonds. The lowest BCUT2D eigenvalue weighted by atomic mass is 9.97. The van der Waals surface area contributed by atoms with E-state index in [2.05, 4.69) is 0 Å². The molecule has 3 saturated heterocycles. The Morgan fingerprint density at radius 1 is 0.607 bits per heavy atom. The van der Waals surface area contributed by atoms with E-state index >= 15 is 0 Å². The van der Waals surface area contributed by atoms with Gasteiger partial charge < -0.3 is 89.3 Å². The van der Waals surface area contributed by atoms with Crippen LogP contribution in [0.15, 0.2) is 60.7 Å². The van der Waals surface area contributed by atoms with Crippen LogP contribution < -0.4 is 4.74 Å². The van der Waals surface area contributed by atoms with Crippen molar-refractivity contribution in [2.45, 2.75) is 92.1 Å². The van der Waals surface area contributed by atoms with Crippen molar-refractivity contribution in [3.05, 3.63) is 71.8 Å². The van der Waals surface area contributed by atoms with Crippen LogP contribution in [0.25, 0.3) is 12.2 Å². The molecule has 20 nitrogen and oxygen atoms in total. The van der Waals surface area contributed by atoms with Gasteiger partial charge in [-0.25, -0.2) is 9.59 Å². The molecule has 20 heteroatoms. The van der Waals surface area contributed by atoms with Crippen LogP contribution in [0.1, 0.15) is 11.1 Å². The van der Waals surface area contributed by atoms with Crippen LogP contribution in [0.5, 0.6) is 11.5 Å². The summed E-state index contributed by atoms with van der Waals surface area (Å²) in [7, 11) is 0. The first-order valence-corrected chi connectivity index (χ1v) is 17.3. The van der Waals surface area contributed by atoms with Gasteiger partial charge in [0.2, 0.25) is 6.29 Å². The van der Waals surface area contributed by atoms with Crippen LogP contribution in [-0.4, -0.2) is 180 Å². The molecule has 3 aliphatic heterocycles. The zero-order valence-electron chi connectivity index (χ0n) is 29.3. The zero-order valence-corrected chi connectivity index (χ0v) is 29.3. The number of aromatic hydroxyl groups is 1. The van der Waals surface area contributed by atoms with Crippen LogP contribution in [-0.2, 0) is 38.0 Å². The first-order chi connectivity index (χ1) is 26.7. The SMILES string of the molecule is O=C(/C=C/c1ccccc1)OC[C@H]1O[C@@H](Oc2ccc(/C=C/C(=O)OC[C@H]3OC(O)[C@H](O)[C@@H](O[C@@H]4O[C@H](CO)[C@@H](O)[C@H](O)[C@H]4O)[C@@H]3O)cc2O)[C@H](O)[C@@H](O)[C@@H]1O. The molecule has 56 heavy (non-hydrogen) atoms. The first-order valence-electron chi connectivity index (χ1n) is 17.3. The minimum absolute atomic E-state index is 0.233. The zero-order chi connectivity index (χ0) is 40.7. The van der Waals surface area contributed by atoms with Gasteiger partial charge in [0.25, 0.3) is 0 Å². The fourth-order valence-corrected chi connectivity index (χ4v) is 5.88. The summed E-state index contributed by atoms with van der Waals surface area (Å²) >= 11 is 0. The smallest absolute Gasteiger partial charge is 0.330 e. The van der Waals surface area contributed by atoms with Crippen LogP contribution in [0.4, 0.5) is 0 Å². The molecule has 0 saturated carbocycles. The highest BCUT2D eigenvalue weighted by Crippen LogP contribution is 2.32. The Bertz CT molecular complexity index is 1650. The fraction of sp³-hybridized carbons (Fsp3) is 0.500. The van der Waals surface area contributed by atoms with Crippen molar-refractivity contribution in [1.29, 1.82) is 0 Å². The Kier molecular flexibility index (Phi) is 14.9. The van der Waals surface area contributed by atoms with Crippen molar-refractivity contribution < 1.29 is 98.9 Å². The summed E-state index contributed by atoms with van der Waals surface area (Å²) in [6.07, 6.45) is -20.8. The maximum Gasteiger partial charge on any atom is 0.330 e. The normalized spacial score (nSPS) is 36.4. The summed E-state index contributed by atoms with van der Waals surface area (Å²) in [6, 6.07) is 12.7. The van der Waals surface area contributed by atoms with E-state index in [1.807, 2.05) is 6.07 Å². The van der Waals surface area contributed by atoms with Crippen LogP contribution in [0.3, 0.4) is 0 Å². The van der Waals surface area contributed by atoms with Gasteiger partial charge >= 0.3 is 11.9 Å². The maximum absolute atomic E-state index is 12.5. The summed E-state index contributed by atoms with van der Waals surface area (Å²) in [5, 5.41) is 113. The number of phenolic OH excluding ortho intramolecular Hbond substituents is 1. The first kappa shape index (κ1) is 43.0. The molecular formula is C36H44O20. The number of hydrogen-bond donors (Lipinski definition) is 11. The van der Waals surface area contributed by atoms with Crippen molar-refractivity contribution in [3.63, 3.8) is 0 Å². The third kappa shape index (κ3) is 10.4. The highest BCUT2D eigenvalue weighted by Gasteiger charge is 2.51. The number of benzene rings is 2. The number of ether oxygens (including phenoxy) is 7. The molecular weight excluding hydrogens is 752 g/mol. The van der Waals surface area contributed by atoms with Crippen molar-refractivity contribution in [1.82, 2.24) is 0 Å². The monoisotopic (exact) mass is 796 g/mol. The number of hydrogen-bond acceptors (Lipinski definition) is 20. The summed E-state index contributed by atoms with van der Waals surface area (Å²) in [5.41, 5.74) is 0.975. The second-order valence-electron chi connectivity index (χ2n) is 13.0. The molecule has 5 rings (SSSR count). The Hall–Kier alpha value is -4.10. The number of phenols is 1. The number of carbonyl (C=O) groups is 2. The van der Waals surface area contributed by atoms with Crippen molar-refractivity contribution in [2.75, 3.05) is 19.8 Å². The van der Waals surface area contributed by atoms with Gasteiger partial charge in [-0.05, 0) is 35.4 Å². The van der Waals surface area contributed by atoms with Crippen LogP contribution >= 0.6 is 0 Å². The summed E-state index contributed by atoms with van der Waals surface area (Å²) < 4.78 is 37.1. The lowest BCUT2D eigenvalue weighted by Gasteiger charge is -2.45. The van der Waals surface area contributed by atoms with E-state index in [0.29, 0.717) is 0 Å². The van der Waals surface area contributed by atoms with Gasteiger partial charge in [-0.3, -0.25) is 0 Å². The average molecular weight is 797 g/mol. The van der Waals surface area contributed by atoms with Crippen molar-refractivity contribution >= 4 is 24.1 Å². The molecule has 0 aromatic heterocycles. The predicted octanol–water partition coefficient (Wildman–Crippen LogP) is -3.98. The standard InChI is InChI=1S/C36H44O20/c37-13-20-25(41)28(44)31(47)36(54-20)56-33-27(43)22(52-34(49)32(33)48)15-51-24(40)11-8-17-6-9-19(18(38)12-17)53-35-30(46)29(45)26(42)21(55-35)14-50-23(39)10-7-16-4-2-1-3-5-16/h1-12,20-22,25-38,41-49H,13-15H2/b10-7+,11-8+/t20-,21-,22-,25-,26-,27-,28+,29+,30-,31-,32-,33+,34?,35-,36+/m1/s1. The molecule has 3 fully saturated rings. The van der Waals surface area contributed by atoms with E-state index in [9.17, 15) is 65.8 Å². The Balaban J connectivity index is 1.12. The van der Waals surface area contributed by atoms with E-state index in [4.69, 9.17) is 33.2 Å². The van der Waals surface area contributed by atoms with Crippen LogP contribution in [0, 0.1) is 0 Å². The average Bonchev–Trinajstić information content (AvgIpc) is 3.19. The highest BCUT2D eigenvalue weighted by molar-refractivity contribution is 5.87. The van der Waals surface area contributed by atoms with Gasteiger partial charge in [-0.2, -0.15) is 0 Å². The molecule has 0 radical (unpaired) electrons. The molecule has 0 aliphatic carbocycles. The molecule has 0 spiro atoms. The topological polar surface area (TPSA) is 321 Å². The minimum Gasteiger partial charge on any atom is -0.504 e. The molecule has 11 N–H and O–H groups in total. The minimum atomic E-state index is -1.97.